The Morgan fingerprint density at radius 3 is 2.57 bits per heavy atom. The summed E-state index contributed by atoms with van der Waals surface area (Å²) in [6, 6.07) is 0. The number of hydrogen-bond acceptors (Lipinski definition) is 3. The highest BCUT2D eigenvalue weighted by Crippen LogP contribution is 2.36. The number of carbonyl (C=O) groups is 1. The van der Waals surface area contributed by atoms with Gasteiger partial charge in [-0.25, -0.2) is 0 Å². The predicted molar refractivity (Wildman–Crippen MR) is 92.1 cm³/mol. The smallest absolute Gasteiger partial charge is 0.303 e. The molecule has 4 heteroatoms. The van der Waals surface area contributed by atoms with Crippen LogP contribution in [0.4, 0.5) is 0 Å². The van der Waals surface area contributed by atoms with E-state index in [2.05, 4.69) is 19.9 Å². The zero-order valence-electron chi connectivity index (χ0n) is 14.4. The first-order valence-electron chi connectivity index (χ1n) is 8.81. The Morgan fingerprint density at radius 2 is 1.91 bits per heavy atom. The van der Waals surface area contributed by atoms with E-state index in [1.54, 1.807) is 0 Å². The summed E-state index contributed by atoms with van der Waals surface area (Å²) < 4.78 is 0. The molecule has 132 valence electrons. The molecule has 0 aromatic heterocycles. The lowest BCUT2D eigenvalue weighted by Crippen LogP contribution is -2.18. The summed E-state index contributed by atoms with van der Waals surface area (Å²) in [7, 11) is 0. The van der Waals surface area contributed by atoms with Gasteiger partial charge in [-0.2, -0.15) is 0 Å². The summed E-state index contributed by atoms with van der Waals surface area (Å²) >= 11 is 0. The van der Waals surface area contributed by atoms with E-state index >= 15 is 0 Å². The van der Waals surface area contributed by atoms with Crippen molar-refractivity contribution in [1.82, 2.24) is 0 Å². The summed E-state index contributed by atoms with van der Waals surface area (Å²) in [6.07, 6.45) is 12.3. The van der Waals surface area contributed by atoms with Gasteiger partial charge in [0, 0.05) is 6.42 Å². The van der Waals surface area contributed by atoms with Crippen LogP contribution in [0.25, 0.3) is 0 Å². The fourth-order valence-corrected chi connectivity index (χ4v) is 3.29. The van der Waals surface area contributed by atoms with Crippen LogP contribution < -0.4 is 0 Å². The second-order valence-corrected chi connectivity index (χ2v) is 7.04. The molecule has 23 heavy (non-hydrogen) atoms. The average Bonchev–Trinajstić information content (AvgIpc) is 2.80. The second kappa shape index (κ2) is 10.6. The van der Waals surface area contributed by atoms with Gasteiger partial charge in [0.1, 0.15) is 0 Å². The molecule has 0 radical (unpaired) electrons. The summed E-state index contributed by atoms with van der Waals surface area (Å²) in [4.78, 5) is 10.4. The summed E-state index contributed by atoms with van der Waals surface area (Å²) in [5.74, 6) is 0.266. The fourth-order valence-electron chi connectivity index (χ4n) is 3.29. The second-order valence-electron chi connectivity index (χ2n) is 7.04. The van der Waals surface area contributed by atoms with E-state index in [0.29, 0.717) is 18.3 Å². The Morgan fingerprint density at radius 1 is 1.22 bits per heavy atom. The van der Waals surface area contributed by atoms with Crippen LogP contribution in [0, 0.1) is 17.8 Å². The minimum atomic E-state index is -0.772. The normalized spacial score (nSPS) is 26.6. The summed E-state index contributed by atoms with van der Waals surface area (Å²) in [5.41, 5.74) is 0. The molecular weight excluding hydrogens is 292 g/mol. The van der Waals surface area contributed by atoms with Crippen LogP contribution in [0.2, 0.25) is 0 Å². The molecule has 0 saturated heterocycles. The van der Waals surface area contributed by atoms with Crippen molar-refractivity contribution in [3.63, 3.8) is 0 Å². The van der Waals surface area contributed by atoms with Gasteiger partial charge in [0.05, 0.1) is 12.2 Å². The number of aliphatic hydroxyl groups excluding tert-OH is 2. The molecule has 4 nitrogen and oxygen atoms in total. The van der Waals surface area contributed by atoms with Gasteiger partial charge in [0.25, 0.3) is 0 Å². The minimum absolute atomic E-state index is 0.168. The van der Waals surface area contributed by atoms with Gasteiger partial charge >= 0.3 is 5.97 Å². The zero-order chi connectivity index (χ0) is 17.2. The van der Waals surface area contributed by atoms with E-state index in [1.165, 1.54) is 0 Å². The molecule has 1 aliphatic carbocycles. The topological polar surface area (TPSA) is 77.8 Å². The molecule has 0 amide bonds. The number of allylic oxidation sites excluding steroid dienone is 3. The lowest BCUT2D eigenvalue weighted by atomic mass is 9.89. The van der Waals surface area contributed by atoms with Crippen LogP contribution in [-0.4, -0.2) is 33.5 Å². The molecule has 1 rings (SSSR count). The highest BCUT2D eigenvalue weighted by Gasteiger charge is 2.32. The molecule has 4 atom stereocenters. The fraction of sp³-hybridized carbons (Fsp3) is 0.737. The maximum absolute atomic E-state index is 10.4. The van der Waals surface area contributed by atoms with Gasteiger partial charge in [0.15, 0.2) is 0 Å². The van der Waals surface area contributed by atoms with Gasteiger partial charge in [-0.15, -0.1) is 0 Å². The Hall–Kier alpha value is -1.13. The van der Waals surface area contributed by atoms with E-state index in [-0.39, 0.29) is 18.4 Å². The van der Waals surface area contributed by atoms with Crippen molar-refractivity contribution < 1.29 is 20.1 Å². The molecule has 0 aromatic carbocycles. The molecule has 4 unspecified atom stereocenters. The molecule has 0 aliphatic heterocycles. The number of hydrogen-bond donors (Lipinski definition) is 3. The van der Waals surface area contributed by atoms with Gasteiger partial charge in [-0.05, 0) is 56.3 Å². The van der Waals surface area contributed by atoms with E-state index in [9.17, 15) is 15.0 Å². The Balaban J connectivity index is 2.39. The van der Waals surface area contributed by atoms with Crippen LogP contribution in [0.5, 0.6) is 0 Å². The maximum atomic E-state index is 10.4. The highest BCUT2D eigenvalue weighted by atomic mass is 16.4. The lowest BCUT2D eigenvalue weighted by Gasteiger charge is -2.19. The van der Waals surface area contributed by atoms with E-state index < -0.39 is 12.1 Å². The van der Waals surface area contributed by atoms with Crippen LogP contribution in [0.3, 0.4) is 0 Å². The highest BCUT2D eigenvalue weighted by molar-refractivity contribution is 5.66. The first-order valence-corrected chi connectivity index (χ1v) is 8.81. The number of carboxylic acids is 1. The molecule has 0 bridgehead atoms. The first kappa shape index (κ1) is 19.9. The Bertz CT molecular complexity index is 400. The summed E-state index contributed by atoms with van der Waals surface area (Å²) in [5, 5.41) is 28.7. The van der Waals surface area contributed by atoms with Gasteiger partial charge in [-0.3, -0.25) is 4.79 Å². The third kappa shape index (κ3) is 8.33. The number of carboxylic acid groups (broad SMARTS) is 1. The zero-order valence-corrected chi connectivity index (χ0v) is 14.4. The predicted octanol–water partition coefficient (Wildman–Crippen LogP) is 3.54. The molecule has 0 heterocycles. The van der Waals surface area contributed by atoms with Crippen molar-refractivity contribution in [3.05, 3.63) is 24.3 Å². The van der Waals surface area contributed by atoms with E-state index in [1.807, 2.05) is 18.2 Å². The van der Waals surface area contributed by atoms with Crippen molar-refractivity contribution in [2.45, 2.75) is 71.0 Å². The van der Waals surface area contributed by atoms with E-state index in [4.69, 9.17) is 5.11 Å². The molecule has 1 saturated carbocycles. The largest absolute Gasteiger partial charge is 0.481 e. The molecule has 1 fully saturated rings. The van der Waals surface area contributed by atoms with Crippen LogP contribution >= 0.6 is 0 Å². The Labute approximate surface area is 139 Å². The standard InChI is InChI=1S/C19H32O4/c1-14(2)13-16(20)11-9-15-10-12-18(21)17(15)7-5-3-4-6-8-19(22)23/h3-4,9,11,14-18,20-21H,5-8,10,12-13H2,1-2H3,(H,22,23). The third-order valence-corrected chi connectivity index (χ3v) is 4.49. The van der Waals surface area contributed by atoms with Crippen molar-refractivity contribution in [1.29, 1.82) is 0 Å². The monoisotopic (exact) mass is 324 g/mol. The summed E-state index contributed by atoms with van der Waals surface area (Å²) in [6.45, 7) is 4.19. The minimum Gasteiger partial charge on any atom is -0.481 e. The van der Waals surface area contributed by atoms with Gasteiger partial charge < -0.3 is 15.3 Å². The first-order chi connectivity index (χ1) is 10.9. The quantitative estimate of drug-likeness (QED) is 0.537. The number of aliphatic hydroxyl groups is 2. The van der Waals surface area contributed by atoms with Gasteiger partial charge in [0.2, 0.25) is 0 Å². The van der Waals surface area contributed by atoms with E-state index in [0.717, 1.165) is 32.1 Å². The van der Waals surface area contributed by atoms with Crippen molar-refractivity contribution in [3.8, 4) is 0 Å². The molecule has 0 spiro atoms. The van der Waals surface area contributed by atoms with Crippen molar-refractivity contribution in [2.24, 2.45) is 17.8 Å². The van der Waals surface area contributed by atoms with Crippen LogP contribution in [-0.2, 0) is 4.79 Å². The lowest BCUT2D eigenvalue weighted by molar-refractivity contribution is -0.136. The Kier molecular flexibility index (Phi) is 9.19. The molecular formula is C19H32O4. The number of rotatable bonds is 10. The molecule has 1 aliphatic rings. The average molecular weight is 324 g/mol. The van der Waals surface area contributed by atoms with Crippen molar-refractivity contribution in [2.75, 3.05) is 0 Å². The van der Waals surface area contributed by atoms with Crippen LogP contribution in [0.1, 0.15) is 58.8 Å². The number of aliphatic carboxylic acids is 1. The van der Waals surface area contributed by atoms with Crippen molar-refractivity contribution >= 4 is 5.97 Å². The van der Waals surface area contributed by atoms with Crippen LogP contribution in [0.15, 0.2) is 24.3 Å². The molecule has 0 aromatic rings. The third-order valence-electron chi connectivity index (χ3n) is 4.49. The van der Waals surface area contributed by atoms with Gasteiger partial charge in [-0.1, -0.05) is 38.2 Å². The maximum Gasteiger partial charge on any atom is 0.303 e. The molecule has 3 N–H and O–H groups in total. The SMILES string of the molecule is CC(C)CC(O)C=CC1CCC(O)C1CCC=CCCC(=O)O.